The van der Waals surface area contributed by atoms with E-state index in [2.05, 4.69) is 60.4 Å². The van der Waals surface area contributed by atoms with E-state index in [-0.39, 0.29) is 0 Å². The lowest BCUT2D eigenvalue weighted by molar-refractivity contribution is 0.247. The van der Waals surface area contributed by atoms with E-state index < -0.39 is 0 Å². The van der Waals surface area contributed by atoms with Crippen molar-refractivity contribution >= 4 is 11.8 Å². The van der Waals surface area contributed by atoms with E-state index >= 15 is 0 Å². The Kier molecular flexibility index (Phi) is 9.05. The number of fused-ring (bicyclic) bond motifs is 1. The second kappa shape index (κ2) is 12.4. The van der Waals surface area contributed by atoms with Gasteiger partial charge in [-0.1, -0.05) is 23.8 Å². The molecule has 0 aromatic heterocycles. The fourth-order valence-corrected chi connectivity index (χ4v) is 5.95. The molecule has 0 aliphatic carbocycles. The SMILES string of the molecule is COc1ccc(C(CCCN2CCc3cc(OC)c(OC)cc3C2)Sc2ccc(C)cc2)cc1OC. The summed E-state index contributed by atoms with van der Waals surface area (Å²) in [5, 5.41) is 0.328. The Balaban J connectivity index is 1.45. The van der Waals surface area contributed by atoms with Crippen molar-refractivity contribution in [3.8, 4) is 23.0 Å². The van der Waals surface area contributed by atoms with Crippen LogP contribution in [0.2, 0.25) is 0 Å². The summed E-state index contributed by atoms with van der Waals surface area (Å²) in [7, 11) is 6.77. The van der Waals surface area contributed by atoms with Gasteiger partial charge in [0.05, 0.1) is 28.4 Å². The summed E-state index contributed by atoms with van der Waals surface area (Å²) >= 11 is 1.92. The molecule has 0 spiro atoms. The molecule has 1 unspecified atom stereocenters. The van der Waals surface area contributed by atoms with Gasteiger partial charge in [0.25, 0.3) is 0 Å². The number of aryl methyl sites for hydroxylation is 1. The van der Waals surface area contributed by atoms with E-state index in [0.29, 0.717) is 5.25 Å². The van der Waals surface area contributed by atoms with Gasteiger partial charge in [-0.25, -0.2) is 0 Å². The zero-order valence-electron chi connectivity index (χ0n) is 22.0. The zero-order chi connectivity index (χ0) is 25.5. The molecular weight excluding hydrogens is 470 g/mol. The second-order valence-electron chi connectivity index (χ2n) is 9.18. The number of methoxy groups -OCH3 is 4. The third-order valence-corrected chi connectivity index (χ3v) is 8.15. The molecule has 0 amide bonds. The van der Waals surface area contributed by atoms with E-state index in [9.17, 15) is 0 Å². The molecule has 0 bridgehead atoms. The Bertz CT molecular complexity index is 1150. The highest BCUT2D eigenvalue weighted by molar-refractivity contribution is 7.99. The predicted molar refractivity (Wildman–Crippen MR) is 147 cm³/mol. The molecule has 0 fully saturated rings. The second-order valence-corrected chi connectivity index (χ2v) is 10.5. The van der Waals surface area contributed by atoms with Gasteiger partial charge in [0.15, 0.2) is 23.0 Å². The molecule has 1 aliphatic rings. The van der Waals surface area contributed by atoms with Crippen LogP contribution in [-0.2, 0) is 13.0 Å². The van der Waals surface area contributed by atoms with Gasteiger partial charge < -0.3 is 18.9 Å². The number of benzene rings is 3. The Labute approximate surface area is 219 Å². The van der Waals surface area contributed by atoms with Crippen LogP contribution >= 0.6 is 11.8 Å². The average molecular weight is 508 g/mol. The number of nitrogens with zero attached hydrogens (tertiary/aromatic N) is 1. The van der Waals surface area contributed by atoms with Crippen molar-refractivity contribution < 1.29 is 18.9 Å². The van der Waals surface area contributed by atoms with Gasteiger partial charge in [0.1, 0.15) is 0 Å². The minimum absolute atomic E-state index is 0.328. The van der Waals surface area contributed by atoms with Gasteiger partial charge in [-0.05, 0) is 85.8 Å². The van der Waals surface area contributed by atoms with Gasteiger partial charge in [0, 0.05) is 23.2 Å². The maximum atomic E-state index is 5.60. The third-order valence-electron chi connectivity index (χ3n) is 6.82. The van der Waals surface area contributed by atoms with Crippen LogP contribution in [0.25, 0.3) is 0 Å². The minimum Gasteiger partial charge on any atom is -0.493 e. The summed E-state index contributed by atoms with van der Waals surface area (Å²) < 4.78 is 22.1. The molecule has 0 saturated heterocycles. The smallest absolute Gasteiger partial charge is 0.161 e. The van der Waals surface area contributed by atoms with Crippen molar-refractivity contribution in [3.05, 3.63) is 76.9 Å². The van der Waals surface area contributed by atoms with Gasteiger partial charge in [-0.15, -0.1) is 11.8 Å². The highest BCUT2D eigenvalue weighted by Crippen LogP contribution is 2.42. The summed E-state index contributed by atoms with van der Waals surface area (Å²) in [6.45, 7) is 5.20. The number of hydrogen-bond donors (Lipinski definition) is 0. The van der Waals surface area contributed by atoms with Crippen LogP contribution in [-0.4, -0.2) is 46.4 Å². The summed E-state index contributed by atoms with van der Waals surface area (Å²) in [5.41, 5.74) is 5.24. The van der Waals surface area contributed by atoms with Gasteiger partial charge in [-0.2, -0.15) is 0 Å². The monoisotopic (exact) mass is 507 g/mol. The van der Waals surface area contributed by atoms with Crippen molar-refractivity contribution in [1.29, 1.82) is 0 Å². The molecule has 0 radical (unpaired) electrons. The molecule has 3 aromatic rings. The Morgan fingerprint density at radius 3 is 2.08 bits per heavy atom. The van der Waals surface area contributed by atoms with Crippen LogP contribution in [0.4, 0.5) is 0 Å². The topological polar surface area (TPSA) is 40.2 Å². The Hall–Kier alpha value is -2.83. The first kappa shape index (κ1) is 26.2. The first-order valence-electron chi connectivity index (χ1n) is 12.5. The minimum atomic E-state index is 0.328. The fraction of sp³-hybridized carbons (Fsp3) is 0.400. The standard InChI is InChI=1S/C30H37NO4S/c1-21-8-11-25(12-9-21)36-30(23-10-13-26(32-2)27(18-23)33-3)7-6-15-31-16-14-22-17-28(34-4)29(35-5)19-24(22)20-31/h8-13,17-19,30H,6-7,14-16,20H2,1-5H3. The molecule has 1 atom stereocenters. The number of rotatable bonds is 11. The van der Waals surface area contributed by atoms with Crippen LogP contribution in [0.15, 0.2) is 59.5 Å². The van der Waals surface area contributed by atoms with E-state index in [1.54, 1.807) is 28.4 Å². The highest BCUT2D eigenvalue weighted by Gasteiger charge is 2.21. The lowest BCUT2D eigenvalue weighted by Gasteiger charge is -2.30. The van der Waals surface area contributed by atoms with Crippen LogP contribution < -0.4 is 18.9 Å². The van der Waals surface area contributed by atoms with Crippen molar-refractivity contribution in [3.63, 3.8) is 0 Å². The first-order chi connectivity index (χ1) is 17.5. The summed E-state index contributed by atoms with van der Waals surface area (Å²) in [4.78, 5) is 3.84. The lowest BCUT2D eigenvalue weighted by atomic mass is 9.98. The van der Waals surface area contributed by atoms with Crippen LogP contribution in [0, 0.1) is 6.92 Å². The van der Waals surface area contributed by atoms with Crippen LogP contribution in [0.5, 0.6) is 23.0 Å². The largest absolute Gasteiger partial charge is 0.493 e. The summed E-state index contributed by atoms with van der Waals surface area (Å²) in [6, 6.07) is 19.4. The van der Waals surface area contributed by atoms with E-state index in [1.807, 2.05) is 17.8 Å². The van der Waals surface area contributed by atoms with Gasteiger partial charge in [0.2, 0.25) is 0 Å². The van der Waals surface area contributed by atoms with Crippen molar-refractivity contribution in [2.45, 2.75) is 42.9 Å². The lowest BCUT2D eigenvalue weighted by Crippen LogP contribution is -2.31. The van der Waals surface area contributed by atoms with Gasteiger partial charge >= 0.3 is 0 Å². The molecule has 1 aliphatic heterocycles. The molecule has 0 saturated carbocycles. The van der Waals surface area contributed by atoms with E-state index in [4.69, 9.17) is 18.9 Å². The fourth-order valence-electron chi connectivity index (χ4n) is 4.76. The Morgan fingerprint density at radius 2 is 1.42 bits per heavy atom. The molecule has 5 nitrogen and oxygen atoms in total. The van der Waals surface area contributed by atoms with Crippen molar-refractivity contribution in [2.24, 2.45) is 0 Å². The molecular formula is C30H37NO4S. The molecule has 6 heteroatoms. The zero-order valence-corrected chi connectivity index (χ0v) is 22.8. The van der Waals surface area contributed by atoms with E-state index in [0.717, 1.165) is 61.9 Å². The molecule has 3 aromatic carbocycles. The highest BCUT2D eigenvalue weighted by atomic mass is 32.2. The number of ether oxygens (including phenoxy) is 4. The first-order valence-corrected chi connectivity index (χ1v) is 13.3. The molecule has 1 heterocycles. The quantitative estimate of drug-likeness (QED) is 0.269. The van der Waals surface area contributed by atoms with Crippen molar-refractivity contribution in [1.82, 2.24) is 4.90 Å². The number of thioether (sulfide) groups is 1. The predicted octanol–water partition coefficient (Wildman–Crippen LogP) is 6.70. The maximum Gasteiger partial charge on any atom is 0.161 e. The average Bonchev–Trinajstić information content (AvgIpc) is 2.92. The van der Waals surface area contributed by atoms with Crippen LogP contribution in [0.1, 0.15) is 40.3 Å². The maximum absolute atomic E-state index is 5.60. The molecule has 192 valence electrons. The molecule has 4 rings (SSSR count). The third kappa shape index (κ3) is 6.29. The Morgan fingerprint density at radius 1 is 0.778 bits per heavy atom. The molecule has 36 heavy (non-hydrogen) atoms. The number of hydrogen-bond acceptors (Lipinski definition) is 6. The van der Waals surface area contributed by atoms with Crippen LogP contribution in [0.3, 0.4) is 0 Å². The normalized spacial score (nSPS) is 14.1. The van der Waals surface area contributed by atoms with E-state index in [1.165, 1.54) is 27.1 Å². The summed E-state index contributed by atoms with van der Waals surface area (Å²) in [5.74, 6) is 3.16. The summed E-state index contributed by atoms with van der Waals surface area (Å²) in [6.07, 6.45) is 3.22. The van der Waals surface area contributed by atoms with Crippen molar-refractivity contribution in [2.75, 3.05) is 41.5 Å². The molecule has 0 N–H and O–H groups in total. The van der Waals surface area contributed by atoms with Gasteiger partial charge in [-0.3, -0.25) is 4.90 Å².